The molecular formula is C14H13N3O2. The second-order valence-corrected chi connectivity index (χ2v) is 4.50. The van der Waals surface area contributed by atoms with Crippen LogP contribution in [0.3, 0.4) is 0 Å². The largest absolute Gasteiger partial charge is 0.493 e. The summed E-state index contributed by atoms with van der Waals surface area (Å²) in [6, 6.07) is 7.79. The molecule has 0 amide bonds. The number of rotatable bonds is 1. The molecule has 1 aliphatic rings. The number of fused-ring (bicyclic) bond motifs is 1. The van der Waals surface area contributed by atoms with Crippen LogP contribution in [-0.4, -0.2) is 20.4 Å². The van der Waals surface area contributed by atoms with Gasteiger partial charge in [0, 0.05) is 23.9 Å². The molecule has 0 saturated heterocycles. The van der Waals surface area contributed by atoms with Crippen molar-refractivity contribution in [1.29, 1.82) is 0 Å². The predicted molar refractivity (Wildman–Crippen MR) is 74.8 cm³/mol. The first kappa shape index (κ1) is 11.5. The smallest absolute Gasteiger partial charge is 0.328 e. The van der Waals surface area contributed by atoms with Crippen molar-refractivity contribution < 1.29 is 5.11 Å². The molecule has 96 valence electrons. The van der Waals surface area contributed by atoms with Crippen LogP contribution in [0, 0.1) is 0 Å². The Balaban J connectivity index is 2.20. The molecule has 0 spiro atoms. The molecule has 0 fully saturated rings. The first-order valence-electron chi connectivity index (χ1n) is 5.92. The van der Waals surface area contributed by atoms with Crippen LogP contribution in [0.25, 0.3) is 11.6 Å². The van der Waals surface area contributed by atoms with Gasteiger partial charge in [0.25, 0.3) is 0 Å². The summed E-state index contributed by atoms with van der Waals surface area (Å²) < 4.78 is 1.37. The molecular weight excluding hydrogens is 242 g/mol. The number of benzene rings is 1. The zero-order valence-electron chi connectivity index (χ0n) is 10.6. The third-order valence-corrected chi connectivity index (χ3v) is 3.29. The molecule has 1 aromatic carbocycles. The highest BCUT2D eigenvalue weighted by molar-refractivity contribution is 6.31. The minimum Gasteiger partial charge on any atom is -0.493 e. The van der Waals surface area contributed by atoms with E-state index in [0.29, 0.717) is 5.69 Å². The highest BCUT2D eigenvalue weighted by Crippen LogP contribution is 2.36. The van der Waals surface area contributed by atoms with Crippen molar-refractivity contribution in [3.8, 4) is 5.88 Å². The maximum absolute atomic E-state index is 11.4. The summed E-state index contributed by atoms with van der Waals surface area (Å²) in [5.41, 5.74) is 3.81. The molecule has 0 bridgehead atoms. The number of aliphatic imine (C=N–C) groups is 1. The third-order valence-electron chi connectivity index (χ3n) is 3.29. The van der Waals surface area contributed by atoms with E-state index in [1.54, 1.807) is 13.1 Å². The molecule has 2 aromatic rings. The van der Waals surface area contributed by atoms with Gasteiger partial charge in [-0.3, -0.25) is 14.5 Å². The molecule has 0 saturated carbocycles. The summed E-state index contributed by atoms with van der Waals surface area (Å²) >= 11 is 0. The van der Waals surface area contributed by atoms with E-state index in [2.05, 4.69) is 9.98 Å². The third kappa shape index (κ3) is 1.71. The van der Waals surface area contributed by atoms with Crippen molar-refractivity contribution in [2.75, 3.05) is 0 Å². The summed E-state index contributed by atoms with van der Waals surface area (Å²) in [6.45, 7) is 1.91. The number of aromatic nitrogens is 2. The quantitative estimate of drug-likeness (QED) is 0.818. The van der Waals surface area contributed by atoms with Gasteiger partial charge in [0.05, 0.1) is 5.69 Å². The number of allylic oxidation sites excluding steroid dienone is 1. The Morgan fingerprint density at radius 1 is 1.37 bits per heavy atom. The van der Waals surface area contributed by atoms with Gasteiger partial charge in [-0.1, -0.05) is 18.2 Å². The molecule has 0 unspecified atom stereocenters. The van der Waals surface area contributed by atoms with Gasteiger partial charge >= 0.3 is 5.69 Å². The van der Waals surface area contributed by atoms with Gasteiger partial charge in [-0.15, -0.1) is 0 Å². The van der Waals surface area contributed by atoms with Crippen LogP contribution in [0.5, 0.6) is 5.88 Å². The second kappa shape index (κ2) is 3.98. The van der Waals surface area contributed by atoms with Crippen LogP contribution < -0.4 is 5.69 Å². The SMILES string of the molecule is CC1=Nc2ccccc2/C1=C\c1c(O)[nH]c(=O)n1C. The minimum absolute atomic E-state index is 0.128. The summed E-state index contributed by atoms with van der Waals surface area (Å²) in [4.78, 5) is 18.3. The van der Waals surface area contributed by atoms with E-state index in [0.717, 1.165) is 22.5 Å². The highest BCUT2D eigenvalue weighted by atomic mass is 16.3. The Morgan fingerprint density at radius 3 is 2.79 bits per heavy atom. The van der Waals surface area contributed by atoms with Crippen LogP contribution in [0.1, 0.15) is 18.2 Å². The van der Waals surface area contributed by atoms with Crippen LogP contribution in [0.2, 0.25) is 0 Å². The fraction of sp³-hybridized carbons (Fsp3) is 0.143. The summed E-state index contributed by atoms with van der Waals surface area (Å²) in [6.07, 6.45) is 1.78. The fourth-order valence-electron chi connectivity index (χ4n) is 2.24. The number of aromatic amines is 1. The molecule has 3 rings (SSSR count). The van der Waals surface area contributed by atoms with E-state index in [9.17, 15) is 9.90 Å². The number of imidazole rings is 1. The van der Waals surface area contributed by atoms with E-state index in [-0.39, 0.29) is 11.6 Å². The van der Waals surface area contributed by atoms with Crippen LogP contribution >= 0.6 is 0 Å². The van der Waals surface area contributed by atoms with E-state index in [4.69, 9.17) is 0 Å². The summed E-state index contributed by atoms with van der Waals surface area (Å²) in [5.74, 6) is -0.128. The number of hydrogen-bond acceptors (Lipinski definition) is 3. The number of aromatic hydroxyl groups is 1. The molecule has 2 N–H and O–H groups in total. The molecule has 5 heteroatoms. The van der Waals surface area contributed by atoms with E-state index in [1.165, 1.54) is 4.57 Å². The molecule has 1 aromatic heterocycles. The number of hydrogen-bond donors (Lipinski definition) is 2. The molecule has 0 radical (unpaired) electrons. The summed E-state index contributed by atoms with van der Waals surface area (Å²) in [5, 5.41) is 9.75. The van der Waals surface area contributed by atoms with E-state index < -0.39 is 0 Å². The first-order valence-corrected chi connectivity index (χ1v) is 5.92. The lowest BCUT2D eigenvalue weighted by Crippen LogP contribution is -2.13. The number of nitrogens with one attached hydrogen (secondary N) is 1. The molecule has 0 atom stereocenters. The van der Waals surface area contributed by atoms with Crippen molar-refractivity contribution in [2.45, 2.75) is 6.92 Å². The molecule has 19 heavy (non-hydrogen) atoms. The van der Waals surface area contributed by atoms with Gasteiger partial charge in [-0.2, -0.15) is 0 Å². The number of para-hydroxylation sites is 1. The zero-order chi connectivity index (χ0) is 13.6. The van der Waals surface area contributed by atoms with Crippen molar-refractivity contribution in [1.82, 2.24) is 9.55 Å². The lowest BCUT2D eigenvalue weighted by molar-refractivity contribution is 0.454. The molecule has 2 heterocycles. The molecule has 5 nitrogen and oxygen atoms in total. The van der Waals surface area contributed by atoms with E-state index in [1.807, 2.05) is 31.2 Å². The fourth-order valence-corrected chi connectivity index (χ4v) is 2.24. The second-order valence-electron chi connectivity index (χ2n) is 4.50. The van der Waals surface area contributed by atoms with Gasteiger partial charge < -0.3 is 5.11 Å². The van der Waals surface area contributed by atoms with Crippen molar-refractivity contribution in [3.63, 3.8) is 0 Å². The predicted octanol–water partition coefficient (Wildman–Crippen LogP) is 2.07. The Morgan fingerprint density at radius 2 is 2.11 bits per heavy atom. The van der Waals surface area contributed by atoms with Crippen LogP contribution in [-0.2, 0) is 7.05 Å². The van der Waals surface area contributed by atoms with Crippen molar-refractivity contribution >= 4 is 23.0 Å². The average molecular weight is 255 g/mol. The summed E-state index contributed by atoms with van der Waals surface area (Å²) in [7, 11) is 1.61. The van der Waals surface area contributed by atoms with E-state index >= 15 is 0 Å². The van der Waals surface area contributed by atoms with Gasteiger partial charge in [0.2, 0.25) is 5.88 Å². The van der Waals surface area contributed by atoms with Gasteiger partial charge in [0.1, 0.15) is 5.69 Å². The number of H-pyrrole nitrogens is 1. The Bertz CT molecular complexity index is 778. The topological polar surface area (TPSA) is 70.4 Å². The van der Waals surface area contributed by atoms with Gasteiger partial charge in [0.15, 0.2) is 0 Å². The minimum atomic E-state index is -0.342. The normalized spacial score (nSPS) is 15.7. The number of nitrogens with zero attached hydrogens (tertiary/aromatic N) is 2. The van der Waals surface area contributed by atoms with Gasteiger partial charge in [-0.25, -0.2) is 4.79 Å². The first-order chi connectivity index (χ1) is 9.08. The van der Waals surface area contributed by atoms with Crippen LogP contribution in [0.4, 0.5) is 5.69 Å². The van der Waals surface area contributed by atoms with Crippen LogP contribution in [0.15, 0.2) is 34.1 Å². The van der Waals surface area contributed by atoms with Gasteiger partial charge in [-0.05, 0) is 19.1 Å². The molecule has 1 aliphatic heterocycles. The highest BCUT2D eigenvalue weighted by Gasteiger charge is 2.18. The Kier molecular flexibility index (Phi) is 2.41. The maximum Gasteiger partial charge on any atom is 0.328 e. The van der Waals surface area contributed by atoms with Crippen molar-refractivity contribution in [3.05, 3.63) is 46.0 Å². The van der Waals surface area contributed by atoms with Crippen molar-refractivity contribution in [2.24, 2.45) is 12.0 Å². The Hall–Kier alpha value is -2.56. The molecule has 0 aliphatic carbocycles. The Labute approximate surface area is 109 Å². The lowest BCUT2D eigenvalue weighted by Gasteiger charge is -2.02. The zero-order valence-corrected chi connectivity index (χ0v) is 10.6. The average Bonchev–Trinajstić information content (AvgIpc) is 2.82. The monoisotopic (exact) mass is 255 g/mol. The standard InChI is InChI=1S/C14H13N3O2/c1-8-10(9-5-3-4-6-11(9)15-8)7-12-13(18)16-14(19)17(12)2/h3-7,18H,1-2H3,(H,16,19)/b10-7-. The maximum atomic E-state index is 11.4. The lowest BCUT2D eigenvalue weighted by atomic mass is 10.0.